The molecule has 7 nitrogen and oxygen atoms in total. The zero-order chi connectivity index (χ0) is 21.4. The number of anilines is 2. The SMILES string of the molecule is CC(=O)Nc1ccc(C(=O)COC(=O)[C@@H](C)Sc2ccccc2)c(NC(C)=O)c1. The molecule has 0 saturated heterocycles. The lowest BCUT2D eigenvalue weighted by molar-refractivity contribution is -0.141. The zero-order valence-electron chi connectivity index (χ0n) is 16.4. The van der Waals surface area contributed by atoms with E-state index >= 15 is 0 Å². The van der Waals surface area contributed by atoms with Gasteiger partial charge in [0.2, 0.25) is 17.6 Å². The van der Waals surface area contributed by atoms with Crippen LogP contribution >= 0.6 is 11.8 Å². The number of carbonyl (C=O) groups excluding carboxylic acids is 4. The Morgan fingerprint density at radius 3 is 2.24 bits per heavy atom. The van der Waals surface area contributed by atoms with Crippen LogP contribution in [-0.2, 0) is 19.1 Å². The number of esters is 1. The molecule has 0 aliphatic heterocycles. The maximum atomic E-state index is 12.5. The van der Waals surface area contributed by atoms with Gasteiger partial charge in [0.05, 0.1) is 5.69 Å². The summed E-state index contributed by atoms with van der Waals surface area (Å²) in [5, 5.41) is 4.65. The van der Waals surface area contributed by atoms with E-state index in [0.29, 0.717) is 5.69 Å². The molecule has 0 radical (unpaired) electrons. The molecule has 0 bridgehead atoms. The van der Waals surface area contributed by atoms with Crippen molar-refractivity contribution in [1.29, 1.82) is 0 Å². The van der Waals surface area contributed by atoms with Gasteiger partial charge in [-0.2, -0.15) is 0 Å². The van der Waals surface area contributed by atoms with E-state index in [1.165, 1.54) is 43.8 Å². The largest absolute Gasteiger partial charge is 0.456 e. The van der Waals surface area contributed by atoms with E-state index in [0.717, 1.165) is 4.90 Å². The van der Waals surface area contributed by atoms with Crippen LogP contribution in [-0.4, -0.2) is 35.4 Å². The normalized spacial score (nSPS) is 11.3. The summed E-state index contributed by atoms with van der Waals surface area (Å²) in [6.07, 6.45) is 0. The van der Waals surface area contributed by atoms with Crippen molar-refractivity contribution in [2.45, 2.75) is 30.9 Å². The van der Waals surface area contributed by atoms with Crippen LogP contribution in [0.3, 0.4) is 0 Å². The first-order valence-electron chi connectivity index (χ1n) is 8.87. The zero-order valence-corrected chi connectivity index (χ0v) is 17.2. The highest BCUT2D eigenvalue weighted by atomic mass is 32.2. The molecule has 0 aliphatic rings. The number of hydrogen-bond donors (Lipinski definition) is 2. The van der Waals surface area contributed by atoms with Crippen LogP contribution in [0, 0.1) is 0 Å². The van der Waals surface area contributed by atoms with Gasteiger partial charge in [0.15, 0.2) is 6.61 Å². The number of ketones is 1. The highest BCUT2D eigenvalue weighted by Gasteiger charge is 2.20. The number of Topliss-reactive ketones (excluding diaryl/α,β-unsaturated/α-hetero) is 1. The van der Waals surface area contributed by atoms with E-state index < -0.39 is 23.6 Å². The molecule has 0 aromatic heterocycles. The van der Waals surface area contributed by atoms with E-state index in [4.69, 9.17) is 4.74 Å². The second kappa shape index (κ2) is 10.4. The van der Waals surface area contributed by atoms with Gasteiger partial charge in [0.1, 0.15) is 5.25 Å². The summed E-state index contributed by atoms with van der Waals surface area (Å²) < 4.78 is 5.16. The molecule has 2 amide bonds. The molecule has 2 aromatic carbocycles. The minimum Gasteiger partial charge on any atom is -0.456 e. The summed E-state index contributed by atoms with van der Waals surface area (Å²) in [5.41, 5.74) is 0.852. The van der Waals surface area contributed by atoms with E-state index in [2.05, 4.69) is 10.6 Å². The third-order valence-electron chi connectivity index (χ3n) is 3.68. The quantitative estimate of drug-likeness (QED) is 0.389. The van der Waals surface area contributed by atoms with Gasteiger partial charge < -0.3 is 15.4 Å². The van der Waals surface area contributed by atoms with Crippen LogP contribution in [0.25, 0.3) is 0 Å². The lowest BCUT2D eigenvalue weighted by Gasteiger charge is -2.13. The molecule has 2 rings (SSSR count). The molecule has 0 fully saturated rings. The fourth-order valence-electron chi connectivity index (χ4n) is 2.44. The molecular formula is C21H22N2O5S. The van der Waals surface area contributed by atoms with Gasteiger partial charge in [0.25, 0.3) is 0 Å². The minimum absolute atomic E-state index is 0.186. The minimum atomic E-state index is -0.511. The van der Waals surface area contributed by atoms with Gasteiger partial charge in [-0.25, -0.2) is 0 Å². The van der Waals surface area contributed by atoms with Gasteiger partial charge in [-0.3, -0.25) is 19.2 Å². The lowest BCUT2D eigenvalue weighted by atomic mass is 10.1. The number of thioether (sulfide) groups is 1. The van der Waals surface area contributed by atoms with Crippen molar-refractivity contribution in [3.8, 4) is 0 Å². The molecule has 2 N–H and O–H groups in total. The Labute approximate surface area is 173 Å². The molecule has 0 saturated carbocycles. The number of carbonyl (C=O) groups is 4. The Hall–Kier alpha value is -3.13. The standard InChI is InChI=1S/C21H22N2O5S/c1-13(29-17-7-5-4-6-8-17)21(27)28-12-20(26)18-10-9-16(22-14(2)24)11-19(18)23-15(3)25/h4-11,13H,12H2,1-3H3,(H,22,24)(H,23,25)/t13-/m1/s1. The number of amides is 2. The molecule has 1 atom stereocenters. The van der Waals surface area contributed by atoms with Gasteiger partial charge in [-0.15, -0.1) is 11.8 Å². The Bertz CT molecular complexity index is 915. The first kappa shape index (κ1) is 22.2. The monoisotopic (exact) mass is 414 g/mol. The number of ether oxygens (including phenoxy) is 1. The molecule has 0 spiro atoms. The number of hydrogen-bond acceptors (Lipinski definition) is 6. The van der Waals surface area contributed by atoms with E-state index in [1.807, 2.05) is 30.3 Å². The Balaban J connectivity index is 2.04. The molecule has 0 unspecified atom stereocenters. The van der Waals surface area contributed by atoms with E-state index in [-0.39, 0.29) is 23.1 Å². The molecule has 2 aromatic rings. The van der Waals surface area contributed by atoms with Crippen molar-refractivity contribution >= 4 is 46.7 Å². The van der Waals surface area contributed by atoms with Crippen molar-refractivity contribution in [2.75, 3.05) is 17.2 Å². The highest BCUT2D eigenvalue weighted by molar-refractivity contribution is 8.00. The van der Waals surface area contributed by atoms with E-state index in [9.17, 15) is 19.2 Å². The van der Waals surface area contributed by atoms with Crippen LogP contribution in [0.2, 0.25) is 0 Å². The third-order valence-corrected chi connectivity index (χ3v) is 4.77. The molecule has 0 heterocycles. The number of nitrogens with one attached hydrogen (secondary N) is 2. The Morgan fingerprint density at radius 2 is 1.62 bits per heavy atom. The maximum Gasteiger partial charge on any atom is 0.319 e. The lowest BCUT2D eigenvalue weighted by Crippen LogP contribution is -2.22. The van der Waals surface area contributed by atoms with Crippen molar-refractivity contribution < 1.29 is 23.9 Å². The van der Waals surface area contributed by atoms with Gasteiger partial charge in [-0.1, -0.05) is 18.2 Å². The first-order chi connectivity index (χ1) is 13.8. The summed E-state index contributed by atoms with van der Waals surface area (Å²) in [6, 6.07) is 13.9. The van der Waals surface area contributed by atoms with Crippen LogP contribution in [0.4, 0.5) is 11.4 Å². The first-order valence-corrected chi connectivity index (χ1v) is 9.75. The highest BCUT2D eigenvalue weighted by Crippen LogP contribution is 2.24. The average Bonchev–Trinajstić information content (AvgIpc) is 2.65. The molecule has 152 valence electrons. The van der Waals surface area contributed by atoms with Gasteiger partial charge in [0, 0.05) is 30.0 Å². The second-order valence-corrected chi connectivity index (χ2v) is 7.64. The summed E-state index contributed by atoms with van der Waals surface area (Å²) in [5.74, 6) is -1.63. The molecule has 0 aliphatic carbocycles. The van der Waals surface area contributed by atoms with Crippen LogP contribution < -0.4 is 10.6 Å². The van der Waals surface area contributed by atoms with Gasteiger partial charge >= 0.3 is 5.97 Å². The fraction of sp³-hybridized carbons (Fsp3) is 0.238. The number of rotatable bonds is 8. The summed E-state index contributed by atoms with van der Waals surface area (Å²) in [6.45, 7) is 3.91. The average molecular weight is 414 g/mol. The summed E-state index contributed by atoms with van der Waals surface area (Å²) in [4.78, 5) is 48.3. The smallest absolute Gasteiger partial charge is 0.319 e. The Kier molecular flexibility index (Phi) is 7.97. The molecule has 8 heteroatoms. The van der Waals surface area contributed by atoms with Crippen molar-refractivity contribution in [3.63, 3.8) is 0 Å². The van der Waals surface area contributed by atoms with Crippen molar-refractivity contribution in [1.82, 2.24) is 0 Å². The van der Waals surface area contributed by atoms with Crippen LogP contribution in [0.15, 0.2) is 53.4 Å². The predicted octanol–water partition coefficient (Wildman–Crippen LogP) is 3.51. The van der Waals surface area contributed by atoms with E-state index in [1.54, 1.807) is 6.92 Å². The summed E-state index contributed by atoms with van der Waals surface area (Å²) in [7, 11) is 0. The van der Waals surface area contributed by atoms with Crippen LogP contribution in [0.5, 0.6) is 0 Å². The second-order valence-electron chi connectivity index (χ2n) is 6.23. The van der Waals surface area contributed by atoms with Gasteiger partial charge in [-0.05, 0) is 37.3 Å². The Morgan fingerprint density at radius 1 is 0.966 bits per heavy atom. The molecular weight excluding hydrogens is 392 g/mol. The third kappa shape index (κ3) is 7.08. The van der Waals surface area contributed by atoms with Crippen molar-refractivity contribution in [3.05, 3.63) is 54.1 Å². The predicted molar refractivity (Wildman–Crippen MR) is 112 cm³/mol. The number of benzene rings is 2. The van der Waals surface area contributed by atoms with Crippen LogP contribution in [0.1, 0.15) is 31.1 Å². The maximum absolute atomic E-state index is 12.5. The topological polar surface area (TPSA) is 102 Å². The fourth-order valence-corrected chi connectivity index (χ4v) is 3.33. The summed E-state index contributed by atoms with van der Waals surface area (Å²) >= 11 is 1.34. The van der Waals surface area contributed by atoms with Crippen molar-refractivity contribution in [2.24, 2.45) is 0 Å². The molecule has 29 heavy (non-hydrogen) atoms.